The van der Waals surface area contributed by atoms with E-state index in [-0.39, 0.29) is 0 Å². The molecule has 2 aromatic rings. The van der Waals surface area contributed by atoms with E-state index in [9.17, 15) is 0 Å². The fourth-order valence-corrected chi connectivity index (χ4v) is 1.26. The van der Waals surface area contributed by atoms with Crippen molar-refractivity contribution in [2.24, 2.45) is 0 Å². The van der Waals surface area contributed by atoms with E-state index in [0.29, 0.717) is 0 Å². The highest BCUT2D eigenvalue weighted by Gasteiger charge is 1.95. The molecule has 0 aliphatic rings. The molecule has 2 heteroatoms. The molecule has 0 aliphatic heterocycles. The lowest BCUT2D eigenvalue weighted by Crippen LogP contribution is -1.70. The summed E-state index contributed by atoms with van der Waals surface area (Å²) in [6.07, 6.45) is 9.24. The summed E-state index contributed by atoms with van der Waals surface area (Å²) in [6, 6.07) is 4.06. The van der Waals surface area contributed by atoms with Crippen LogP contribution >= 0.6 is 0 Å². The van der Waals surface area contributed by atoms with E-state index < -0.39 is 0 Å². The standard InChI is InChI=1S/C11H10N2.C2H6/c1-2-3-4-10-7-9-5-6-12-8-11(9)13-10;1-2/h2-8,13H,1H2;1-2H3/b4-3-;. The zero-order valence-corrected chi connectivity index (χ0v) is 9.20. The quantitative estimate of drug-likeness (QED) is 0.734. The monoisotopic (exact) mass is 200 g/mol. The Morgan fingerprint density at radius 1 is 1.40 bits per heavy atom. The number of nitrogens with one attached hydrogen (secondary N) is 1. The maximum Gasteiger partial charge on any atom is 0.0645 e. The van der Waals surface area contributed by atoms with Crippen molar-refractivity contribution in [3.05, 3.63) is 49.0 Å². The number of nitrogens with zero attached hydrogens (tertiary/aromatic N) is 1. The van der Waals surface area contributed by atoms with Crippen LogP contribution in [-0.4, -0.2) is 9.97 Å². The van der Waals surface area contributed by atoms with Crippen molar-refractivity contribution in [1.82, 2.24) is 9.97 Å². The van der Waals surface area contributed by atoms with Crippen molar-refractivity contribution in [1.29, 1.82) is 0 Å². The van der Waals surface area contributed by atoms with Gasteiger partial charge in [0.2, 0.25) is 0 Å². The molecule has 0 radical (unpaired) electrons. The third kappa shape index (κ3) is 2.81. The number of H-pyrrole nitrogens is 1. The van der Waals surface area contributed by atoms with E-state index in [1.54, 1.807) is 12.3 Å². The van der Waals surface area contributed by atoms with Crippen molar-refractivity contribution in [2.45, 2.75) is 13.8 Å². The molecule has 15 heavy (non-hydrogen) atoms. The average molecular weight is 200 g/mol. The Bertz CT molecular complexity index is 419. The first-order valence-corrected chi connectivity index (χ1v) is 5.12. The summed E-state index contributed by atoms with van der Waals surface area (Å²) in [5.41, 5.74) is 2.13. The lowest BCUT2D eigenvalue weighted by molar-refractivity contribution is 1.33. The number of aromatic amines is 1. The topological polar surface area (TPSA) is 28.7 Å². The molecule has 2 heterocycles. The summed E-state index contributed by atoms with van der Waals surface area (Å²) < 4.78 is 0. The van der Waals surface area contributed by atoms with Gasteiger partial charge in [0, 0.05) is 17.3 Å². The van der Waals surface area contributed by atoms with Crippen LogP contribution in [0.2, 0.25) is 0 Å². The summed E-state index contributed by atoms with van der Waals surface area (Å²) in [7, 11) is 0. The lowest BCUT2D eigenvalue weighted by atomic mass is 10.3. The molecule has 0 atom stereocenters. The molecule has 0 saturated carbocycles. The predicted octanol–water partition coefficient (Wildman–Crippen LogP) is 3.79. The van der Waals surface area contributed by atoms with Gasteiger partial charge in [-0.1, -0.05) is 32.6 Å². The van der Waals surface area contributed by atoms with Gasteiger partial charge in [-0.2, -0.15) is 0 Å². The Hall–Kier alpha value is -1.83. The summed E-state index contributed by atoms with van der Waals surface area (Å²) >= 11 is 0. The van der Waals surface area contributed by atoms with E-state index in [2.05, 4.69) is 22.6 Å². The van der Waals surface area contributed by atoms with Crippen molar-refractivity contribution < 1.29 is 0 Å². The zero-order valence-electron chi connectivity index (χ0n) is 9.20. The van der Waals surface area contributed by atoms with E-state index in [1.165, 1.54) is 5.39 Å². The molecule has 2 nitrogen and oxygen atoms in total. The van der Waals surface area contributed by atoms with Crippen molar-refractivity contribution in [3.63, 3.8) is 0 Å². The Kier molecular flexibility index (Phi) is 4.35. The number of fused-ring (bicyclic) bond motifs is 1. The number of hydrogen-bond donors (Lipinski definition) is 1. The van der Waals surface area contributed by atoms with Gasteiger partial charge in [0.1, 0.15) is 0 Å². The minimum atomic E-state index is 1.06. The molecule has 0 spiro atoms. The third-order valence-electron chi connectivity index (χ3n) is 1.86. The fraction of sp³-hybridized carbons (Fsp3) is 0.154. The van der Waals surface area contributed by atoms with Gasteiger partial charge in [-0.3, -0.25) is 4.98 Å². The van der Waals surface area contributed by atoms with Gasteiger partial charge < -0.3 is 4.98 Å². The molecule has 2 rings (SSSR count). The van der Waals surface area contributed by atoms with Crippen LogP contribution in [0.5, 0.6) is 0 Å². The largest absolute Gasteiger partial charge is 0.354 e. The molecule has 0 aliphatic carbocycles. The predicted molar refractivity (Wildman–Crippen MR) is 66.7 cm³/mol. The van der Waals surface area contributed by atoms with Crippen LogP contribution in [0.4, 0.5) is 0 Å². The number of allylic oxidation sites excluding steroid dienone is 2. The summed E-state index contributed by atoms with van der Waals surface area (Å²) in [6.45, 7) is 7.62. The lowest BCUT2D eigenvalue weighted by Gasteiger charge is -1.83. The van der Waals surface area contributed by atoms with Crippen LogP contribution in [0.25, 0.3) is 17.0 Å². The Balaban J connectivity index is 0.000000531. The second kappa shape index (κ2) is 5.81. The summed E-state index contributed by atoms with van der Waals surface area (Å²) in [5.74, 6) is 0. The number of hydrogen-bond acceptors (Lipinski definition) is 1. The van der Waals surface area contributed by atoms with Crippen molar-refractivity contribution in [2.75, 3.05) is 0 Å². The third-order valence-corrected chi connectivity index (χ3v) is 1.86. The van der Waals surface area contributed by atoms with Crippen LogP contribution in [0.3, 0.4) is 0 Å². The van der Waals surface area contributed by atoms with Crippen molar-refractivity contribution in [3.8, 4) is 0 Å². The van der Waals surface area contributed by atoms with E-state index in [1.807, 2.05) is 38.3 Å². The van der Waals surface area contributed by atoms with Crippen LogP contribution in [-0.2, 0) is 0 Å². The second-order valence-corrected chi connectivity index (χ2v) is 2.78. The van der Waals surface area contributed by atoms with Gasteiger partial charge in [-0.05, 0) is 18.2 Å². The molecule has 0 aromatic carbocycles. The summed E-state index contributed by atoms with van der Waals surface area (Å²) in [4.78, 5) is 7.26. The van der Waals surface area contributed by atoms with Crippen LogP contribution < -0.4 is 0 Å². The molecule has 0 unspecified atom stereocenters. The highest BCUT2D eigenvalue weighted by molar-refractivity contribution is 5.81. The SMILES string of the molecule is C=C/C=C\c1cc2ccncc2[nH]1.CC. The normalized spacial score (nSPS) is 10.0. The first-order valence-electron chi connectivity index (χ1n) is 5.12. The number of aromatic nitrogens is 2. The molecular formula is C13H16N2. The van der Waals surface area contributed by atoms with E-state index in [4.69, 9.17) is 0 Å². The molecule has 0 amide bonds. The molecule has 1 N–H and O–H groups in total. The smallest absolute Gasteiger partial charge is 0.0645 e. The molecule has 0 bridgehead atoms. The minimum Gasteiger partial charge on any atom is -0.354 e. The Labute approximate surface area is 90.4 Å². The van der Waals surface area contributed by atoms with Crippen LogP contribution in [0.1, 0.15) is 19.5 Å². The molecule has 78 valence electrons. The molecule has 0 fully saturated rings. The first-order chi connectivity index (χ1) is 7.40. The van der Waals surface area contributed by atoms with Gasteiger partial charge in [0.25, 0.3) is 0 Å². The molecule has 0 saturated heterocycles. The minimum absolute atomic E-state index is 1.06. The maximum atomic E-state index is 4.03. The second-order valence-electron chi connectivity index (χ2n) is 2.78. The van der Waals surface area contributed by atoms with Gasteiger partial charge in [-0.15, -0.1) is 0 Å². The fourth-order valence-electron chi connectivity index (χ4n) is 1.26. The van der Waals surface area contributed by atoms with Gasteiger partial charge in [-0.25, -0.2) is 0 Å². The van der Waals surface area contributed by atoms with Gasteiger partial charge >= 0.3 is 0 Å². The first kappa shape index (κ1) is 11.2. The van der Waals surface area contributed by atoms with Gasteiger partial charge in [0.15, 0.2) is 0 Å². The summed E-state index contributed by atoms with van der Waals surface area (Å²) in [5, 5.41) is 1.18. The number of pyridine rings is 1. The Morgan fingerprint density at radius 3 is 2.87 bits per heavy atom. The Morgan fingerprint density at radius 2 is 2.20 bits per heavy atom. The highest BCUT2D eigenvalue weighted by atomic mass is 14.7. The van der Waals surface area contributed by atoms with E-state index >= 15 is 0 Å². The van der Waals surface area contributed by atoms with E-state index in [0.717, 1.165) is 11.2 Å². The average Bonchev–Trinajstić information content (AvgIpc) is 2.71. The van der Waals surface area contributed by atoms with Crippen molar-refractivity contribution >= 4 is 17.0 Å². The molecule has 2 aromatic heterocycles. The number of rotatable bonds is 2. The van der Waals surface area contributed by atoms with Crippen LogP contribution in [0, 0.1) is 0 Å². The zero-order chi connectivity index (χ0) is 11.1. The van der Waals surface area contributed by atoms with Crippen LogP contribution in [0.15, 0.2) is 43.3 Å². The highest BCUT2D eigenvalue weighted by Crippen LogP contribution is 2.14. The van der Waals surface area contributed by atoms with Gasteiger partial charge in [0.05, 0.1) is 11.7 Å². The maximum absolute atomic E-state index is 4.03. The molecular weight excluding hydrogens is 184 g/mol.